The van der Waals surface area contributed by atoms with Crippen molar-refractivity contribution >= 4 is 28.7 Å². The third-order valence-electron chi connectivity index (χ3n) is 3.54. The first-order valence-corrected chi connectivity index (χ1v) is 8.42. The molecule has 2 aromatic heterocycles. The van der Waals surface area contributed by atoms with Gasteiger partial charge in [-0.1, -0.05) is 13.0 Å². The molecular weight excluding hydrogens is 324 g/mol. The number of nitrogens with zero attached hydrogens (tertiary/aromatic N) is 1. The molecule has 0 bridgehead atoms. The Bertz CT molecular complexity index is 810. The molecule has 0 aliphatic carbocycles. The Kier molecular flexibility index (Phi) is 4.81. The highest BCUT2D eigenvalue weighted by Gasteiger charge is 2.17. The minimum atomic E-state index is -0.311. The fourth-order valence-corrected chi connectivity index (χ4v) is 3.03. The van der Waals surface area contributed by atoms with E-state index in [4.69, 9.17) is 4.74 Å². The number of methoxy groups -OCH3 is 1. The summed E-state index contributed by atoms with van der Waals surface area (Å²) >= 11 is 1.58. The second kappa shape index (κ2) is 7.18. The number of ether oxygens (including phenoxy) is 1. The first-order chi connectivity index (χ1) is 11.7. The van der Waals surface area contributed by atoms with Gasteiger partial charge in [0, 0.05) is 5.69 Å². The first-order valence-electron chi connectivity index (χ1n) is 7.54. The van der Waals surface area contributed by atoms with Gasteiger partial charge < -0.3 is 15.4 Å². The maximum atomic E-state index is 12.3. The minimum absolute atomic E-state index is 0.311. The molecule has 0 saturated carbocycles. The van der Waals surface area contributed by atoms with Crippen molar-refractivity contribution < 1.29 is 9.53 Å². The summed E-state index contributed by atoms with van der Waals surface area (Å²) in [5, 5.41) is 15.0. The third kappa shape index (κ3) is 3.41. The molecule has 0 saturated heterocycles. The number of urea groups is 1. The fraction of sp³-hybridized carbons (Fsp3) is 0.176. The van der Waals surface area contributed by atoms with Gasteiger partial charge in [-0.05, 0) is 42.1 Å². The van der Waals surface area contributed by atoms with Crippen molar-refractivity contribution in [1.29, 1.82) is 0 Å². The minimum Gasteiger partial charge on any atom is -0.497 e. The lowest BCUT2D eigenvalue weighted by atomic mass is 10.2. The van der Waals surface area contributed by atoms with Gasteiger partial charge in [-0.2, -0.15) is 5.10 Å². The lowest BCUT2D eigenvalue weighted by Gasteiger charge is -2.09. The van der Waals surface area contributed by atoms with E-state index in [-0.39, 0.29) is 6.03 Å². The van der Waals surface area contributed by atoms with Gasteiger partial charge in [0.05, 0.1) is 23.4 Å². The van der Waals surface area contributed by atoms with Gasteiger partial charge in [-0.15, -0.1) is 11.3 Å². The highest BCUT2D eigenvalue weighted by Crippen LogP contribution is 2.32. The second-order valence-corrected chi connectivity index (χ2v) is 6.01. The van der Waals surface area contributed by atoms with Crippen molar-refractivity contribution in [3.63, 3.8) is 0 Å². The van der Waals surface area contributed by atoms with Gasteiger partial charge in [-0.3, -0.25) is 5.10 Å². The maximum absolute atomic E-state index is 12.3. The Hall–Kier alpha value is -2.80. The molecule has 7 heteroatoms. The summed E-state index contributed by atoms with van der Waals surface area (Å²) in [6.45, 7) is 2.01. The number of hydrogen-bond acceptors (Lipinski definition) is 4. The van der Waals surface area contributed by atoms with Crippen molar-refractivity contribution in [3.8, 4) is 16.3 Å². The highest BCUT2D eigenvalue weighted by atomic mass is 32.1. The molecule has 24 heavy (non-hydrogen) atoms. The van der Waals surface area contributed by atoms with Gasteiger partial charge in [0.15, 0.2) is 0 Å². The quantitative estimate of drug-likeness (QED) is 0.645. The van der Waals surface area contributed by atoms with Gasteiger partial charge in [0.25, 0.3) is 0 Å². The van der Waals surface area contributed by atoms with Crippen LogP contribution < -0.4 is 15.4 Å². The molecule has 1 aromatic carbocycles. The van der Waals surface area contributed by atoms with E-state index >= 15 is 0 Å². The number of amides is 2. The average molecular weight is 342 g/mol. The van der Waals surface area contributed by atoms with E-state index in [2.05, 4.69) is 20.8 Å². The maximum Gasteiger partial charge on any atom is 0.323 e. The topological polar surface area (TPSA) is 79.0 Å². The van der Waals surface area contributed by atoms with Crippen LogP contribution in [0.25, 0.3) is 10.6 Å². The van der Waals surface area contributed by atoms with Gasteiger partial charge in [0.1, 0.15) is 11.4 Å². The van der Waals surface area contributed by atoms with Crippen LogP contribution in [0.3, 0.4) is 0 Å². The van der Waals surface area contributed by atoms with Crippen LogP contribution in [0.4, 0.5) is 16.2 Å². The number of aromatic nitrogens is 2. The largest absolute Gasteiger partial charge is 0.497 e. The number of rotatable bonds is 5. The predicted octanol–water partition coefficient (Wildman–Crippen LogP) is 4.35. The molecule has 0 unspecified atom stereocenters. The highest BCUT2D eigenvalue weighted by molar-refractivity contribution is 7.13. The molecule has 0 radical (unpaired) electrons. The lowest BCUT2D eigenvalue weighted by Crippen LogP contribution is -2.20. The predicted molar refractivity (Wildman–Crippen MR) is 96.9 cm³/mol. The van der Waals surface area contributed by atoms with Gasteiger partial charge in [0.2, 0.25) is 0 Å². The summed E-state index contributed by atoms with van der Waals surface area (Å²) in [5.74, 6) is 0.740. The standard InChI is InChI=1S/C17H18N4O2S/c1-3-13-15(16(21-20-13)14-5-4-10-24-14)19-17(22)18-11-6-8-12(23-2)9-7-11/h4-10H,3H2,1-2H3,(H,20,21)(H2,18,19,22). The number of H-pyrrole nitrogens is 1. The number of hydrogen-bond donors (Lipinski definition) is 3. The Labute approximate surface area is 143 Å². The Morgan fingerprint density at radius 3 is 2.67 bits per heavy atom. The van der Waals surface area contributed by atoms with E-state index in [0.717, 1.165) is 28.4 Å². The summed E-state index contributed by atoms with van der Waals surface area (Å²) < 4.78 is 5.11. The van der Waals surface area contributed by atoms with E-state index in [1.165, 1.54) is 0 Å². The molecule has 124 valence electrons. The zero-order valence-corrected chi connectivity index (χ0v) is 14.2. The second-order valence-electron chi connectivity index (χ2n) is 5.06. The van der Waals surface area contributed by atoms with Crippen molar-refractivity contribution in [2.24, 2.45) is 0 Å². The summed E-state index contributed by atoms with van der Waals surface area (Å²) in [6.07, 6.45) is 0.747. The zero-order valence-electron chi connectivity index (χ0n) is 13.4. The molecule has 2 heterocycles. The van der Waals surface area contributed by atoms with Crippen LogP contribution in [-0.2, 0) is 6.42 Å². The molecule has 6 nitrogen and oxygen atoms in total. The molecule has 0 aliphatic heterocycles. The molecular formula is C17H18N4O2S. The van der Waals surface area contributed by atoms with Crippen LogP contribution >= 0.6 is 11.3 Å². The Morgan fingerprint density at radius 2 is 2.04 bits per heavy atom. The van der Waals surface area contributed by atoms with E-state index in [1.807, 2.05) is 24.4 Å². The van der Waals surface area contributed by atoms with Crippen molar-refractivity contribution in [3.05, 3.63) is 47.5 Å². The number of nitrogens with one attached hydrogen (secondary N) is 3. The molecule has 0 fully saturated rings. The number of benzene rings is 1. The summed E-state index contributed by atoms with van der Waals surface area (Å²) in [6, 6.07) is 10.8. The Balaban J connectivity index is 1.77. The van der Waals surface area contributed by atoms with Crippen LogP contribution in [0.5, 0.6) is 5.75 Å². The Morgan fingerprint density at radius 1 is 1.25 bits per heavy atom. The summed E-state index contributed by atoms with van der Waals surface area (Å²) in [4.78, 5) is 13.3. The first kappa shape index (κ1) is 16.1. The van der Waals surface area contributed by atoms with Crippen LogP contribution in [0.15, 0.2) is 41.8 Å². The molecule has 0 atom stereocenters. The molecule has 3 N–H and O–H groups in total. The lowest BCUT2D eigenvalue weighted by molar-refractivity contribution is 0.262. The average Bonchev–Trinajstić information content (AvgIpc) is 3.24. The third-order valence-corrected chi connectivity index (χ3v) is 4.41. The van der Waals surface area contributed by atoms with Crippen LogP contribution in [0, 0.1) is 0 Å². The number of carbonyl (C=O) groups is 1. The number of aryl methyl sites for hydroxylation is 1. The van der Waals surface area contributed by atoms with Gasteiger partial charge >= 0.3 is 6.03 Å². The number of anilines is 2. The number of aromatic amines is 1. The summed E-state index contributed by atoms with van der Waals surface area (Å²) in [7, 11) is 1.60. The number of thiophene rings is 1. The smallest absolute Gasteiger partial charge is 0.323 e. The van der Waals surface area contributed by atoms with E-state index in [9.17, 15) is 4.79 Å². The van der Waals surface area contributed by atoms with Gasteiger partial charge in [-0.25, -0.2) is 4.79 Å². The molecule has 0 aliphatic rings. The van der Waals surface area contributed by atoms with Crippen molar-refractivity contribution in [1.82, 2.24) is 10.2 Å². The van der Waals surface area contributed by atoms with Crippen LogP contribution in [0.1, 0.15) is 12.6 Å². The summed E-state index contributed by atoms with van der Waals surface area (Å²) in [5.41, 5.74) is 3.05. The normalized spacial score (nSPS) is 10.4. The molecule has 0 spiro atoms. The molecule has 3 aromatic rings. The zero-order chi connectivity index (χ0) is 16.9. The fourth-order valence-electron chi connectivity index (χ4n) is 2.31. The van der Waals surface area contributed by atoms with E-state index in [0.29, 0.717) is 11.4 Å². The van der Waals surface area contributed by atoms with Crippen LogP contribution in [0.2, 0.25) is 0 Å². The van der Waals surface area contributed by atoms with Crippen LogP contribution in [-0.4, -0.2) is 23.3 Å². The molecule has 2 amide bonds. The number of carbonyl (C=O) groups excluding carboxylic acids is 1. The molecule has 3 rings (SSSR count). The van der Waals surface area contributed by atoms with Crippen molar-refractivity contribution in [2.75, 3.05) is 17.7 Å². The van der Waals surface area contributed by atoms with E-state index < -0.39 is 0 Å². The van der Waals surface area contributed by atoms with E-state index in [1.54, 1.807) is 42.7 Å². The monoisotopic (exact) mass is 342 g/mol. The SMILES string of the molecule is CCc1[nH]nc(-c2cccs2)c1NC(=O)Nc1ccc(OC)cc1. The van der Waals surface area contributed by atoms with Crippen molar-refractivity contribution in [2.45, 2.75) is 13.3 Å².